The highest BCUT2D eigenvalue weighted by Crippen LogP contribution is 2.32. The molecule has 0 unspecified atom stereocenters. The predicted molar refractivity (Wildman–Crippen MR) is 118 cm³/mol. The van der Waals surface area contributed by atoms with Crippen LogP contribution < -0.4 is 10.6 Å². The summed E-state index contributed by atoms with van der Waals surface area (Å²) in [5, 5.41) is 7.32. The van der Waals surface area contributed by atoms with Gasteiger partial charge in [-0.25, -0.2) is 4.98 Å². The van der Waals surface area contributed by atoms with Crippen molar-refractivity contribution in [3.05, 3.63) is 59.6 Å². The number of pyridine rings is 1. The molecule has 2 N–H and O–H groups in total. The molecule has 1 aromatic carbocycles. The van der Waals surface area contributed by atoms with E-state index in [-0.39, 0.29) is 0 Å². The number of nitrogens with zero attached hydrogens (tertiary/aromatic N) is 4. The third-order valence-electron chi connectivity index (χ3n) is 5.27. The molecule has 0 saturated carbocycles. The molecular formula is C22H27ClN6. The summed E-state index contributed by atoms with van der Waals surface area (Å²) in [6.07, 6.45) is 3.83. The van der Waals surface area contributed by atoms with Crippen molar-refractivity contribution in [1.82, 2.24) is 30.1 Å². The van der Waals surface area contributed by atoms with Crippen molar-refractivity contribution in [2.45, 2.75) is 13.1 Å². The van der Waals surface area contributed by atoms with E-state index in [1.54, 1.807) is 0 Å². The lowest BCUT2D eigenvalue weighted by Gasteiger charge is -2.27. The lowest BCUT2D eigenvalue weighted by molar-refractivity contribution is 0.233. The highest BCUT2D eigenvalue weighted by atomic mass is 35.5. The molecule has 1 aliphatic heterocycles. The van der Waals surface area contributed by atoms with E-state index >= 15 is 0 Å². The second kappa shape index (κ2) is 9.50. The van der Waals surface area contributed by atoms with Gasteiger partial charge in [-0.2, -0.15) is 0 Å². The van der Waals surface area contributed by atoms with Gasteiger partial charge in [0.2, 0.25) is 0 Å². The molecule has 4 rings (SSSR count). The van der Waals surface area contributed by atoms with Crippen LogP contribution in [-0.4, -0.2) is 59.2 Å². The maximum absolute atomic E-state index is 6.10. The first-order valence-electron chi connectivity index (χ1n) is 10.1. The van der Waals surface area contributed by atoms with Crippen molar-refractivity contribution in [1.29, 1.82) is 0 Å². The number of hydrogen-bond acceptors (Lipinski definition) is 5. The smallest absolute Gasteiger partial charge is 0.0963 e. The summed E-state index contributed by atoms with van der Waals surface area (Å²) in [7, 11) is 1.94. The van der Waals surface area contributed by atoms with Crippen LogP contribution in [0, 0.1) is 0 Å². The van der Waals surface area contributed by atoms with Crippen LogP contribution in [0.5, 0.6) is 0 Å². The van der Waals surface area contributed by atoms with Gasteiger partial charge in [0.25, 0.3) is 0 Å². The Balaban J connectivity index is 1.69. The first-order valence-corrected chi connectivity index (χ1v) is 10.5. The summed E-state index contributed by atoms with van der Waals surface area (Å²) in [5.74, 6) is 0. The van der Waals surface area contributed by atoms with E-state index in [0.29, 0.717) is 0 Å². The highest BCUT2D eigenvalue weighted by molar-refractivity contribution is 6.30. The van der Waals surface area contributed by atoms with Gasteiger partial charge in [0.1, 0.15) is 0 Å². The Morgan fingerprint density at radius 3 is 2.59 bits per heavy atom. The van der Waals surface area contributed by atoms with Crippen LogP contribution in [0.2, 0.25) is 5.02 Å². The second-order valence-corrected chi connectivity index (χ2v) is 7.74. The van der Waals surface area contributed by atoms with Crippen LogP contribution in [0.1, 0.15) is 5.69 Å². The van der Waals surface area contributed by atoms with Crippen molar-refractivity contribution < 1.29 is 0 Å². The summed E-state index contributed by atoms with van der Waals surface area (Å²) in [4.78, 5) is 11.8. The van der Waals surface area contributed by atoms with Crippen LogP contribution in [0.4, 0.5) is 0 Å². The normalized spacial score (nSPS) is 15.0. The first kappa shape index (κ1) is 20.0. The Hall–Kier alpha value is -2.25. The summed E-state index contributed by atoms with van der Waals surface area (Å²) in [5.41, 5.74) is 5.32. The Bertz CT molecular complexity index is 931. The van der Waals surface area contributed by atoms with Gasteiger partial charge in [0.15, 0.2) is 0 Å². The summed E-state index contributed by atoms with van der Waals surface area (Å²) in [6, 6.07) is 12.1. The van der Waals surface area contributed by atoms with Crippen LogP contribution >= 0.6 is 11.6 Å². The molecule has 7 heteroatoms. The minimum atomic E-state index is 0.730. The quantitative estimate of drug-likeness (QED) is 0.627. The van der Waals surface area contributed by atoms with Crippen LogP contribution in [0.3, 0.4) is 0 Å². The predicted octanol–water partition coefficient (Wildman–Crippen LogP) is 2.89. The molecule has 6 nitrogen and oxygen atoms in total. The van der Waals surface area contributed by atoms with Gasteiger partial charge in [0, 0.05) is 68.2 Å². The Morgan fingerprint density at radius 2 is 1.83 bits per heavy atom. The van der Waals surface area contributed by atoms with Gasteiger partial charge in [-0.05, 0) is 31.3 Å². The largest absolute Gasteiger partial charge is 0.329 e. The molecule has 1 fully saturated rings. The van der Waals surface area contributed by atoms with E-state index in [0.717, 1.165) is 79.0 Å². The second-order valence-electron chi connectivity index (χ2n) is 7.30. The van der Waals surface area contributed by atoms with Crippen molar-refractivity contribution in [3.8, 4) is 22.5 Å². The maximum atomic E-state index is 6.10. The third-order valence-corrected chi connectivity index (χ3v) is 5.52. The molecule has 0 aliphatic carbocycles. The zero-order valence-corrected chi connectivity index (χ0v) is 17.5. The monoisotopic (exact) mass is 410 g/mol. The number of aromatic nitrogens is 3. The average molecular weight is 411 g/mol. The van der Waals surface area contributed by atoms with Crippen LogP contribution in [-0.2, 0) is 13.1 Å². The average Bonchev–Trinajstić information content (AvgIpc) is 3.18. The van der Waals surface area contributed by atoms with Gasteiger partial charge in [-0.1, -0.05) is 23.7 Å². The van der Waals surface area contributed by atoms with E-state index in [4.69, 9.17) is 16.6 Å². The van der Waals surface area contributed by atoms with Crippen molar-refractivity contribution in [3.63, 3.8) is 0 Å². The molecule has 0 amide bonds. The van der Waals surface area contributed by atoms with E-state index in [1.807, 2.05) is 43.8 Å². The molecule has 0 spiro atoms. The fourth-order valence-electron chi connectivity index (χ4n) is 3.76. The zero-order chi connectivity index (χ0) is 20.1. The molecule has 3 heterocycles. The number of hydrogen-bond donors (Lipinski definition) is 2. The molecule has 29 heavy (non-hydrogen) atoms. The van der Waals surface area contributed by atoms with Crippen molar-refractivity contribution in [2.24, 2.45) is 0 Å². The molecule has 1 aliphatic rings. The minimum Gasteiger partial charge on any atom is -0.329 e. The standard InChI is InChI=1S/C22H27ClN6/c1-24-15-20-14-18(6-7-26-20)22-21(17-2-4-19(23)5-3-17)27-16-29(22)13-12-28-10-8-25-9-11-28/h2-7,14,16,24-25H,8-13,15H2,1H3. The number of piperazine rings is 1. The van der Waals surface area contributed by atoms with E-state index in [9.17, 15) is 0 Å². The summed E-state index contributed by atoms with van der Waals surface area (Å²) >= 11 is 6.10. The topological polar surface area (TPSA) is 58.0 Å². The van der Waals surface area contributed by atoms with E-state index < -0.39 is 0 Å². The molecule has 3 aromatic rings. The van der Waals surface area contributed by atoms with E-state index in [1.165, 1.54) is 0 Å². The molecule has 0 bridgehead atoms. The number of benzene rings is 1. The number of nitrogens with one attached hydrogen (secondary N) is 2. The number of rotatable bonds is 7. The summed E-state index contributed by atoms with van der Waals surface area (Å²) < 4.78 is 2.27. The van der Waals surface area contributed by atoms with Crippen molar-refractivity contribution >= 4 is 11.6 Å². The van der Waals surface area contributed by atoms with Gasteiger partial charge >= 0.3 is 0 Å². The third kappa shape index (κ3) is 4.85. The Morgan fingerprint density at radius 1 is 1.03 bits per heavy atom. The Kier molecular flexibility index (Phi) is 6.56. The maximum Gasteiger partial charge on any atom is 0.0963 e. The molecule has 1 saturated heterocycles. The highest BCUT2D eigenvalue weighted by Gasteiger charge is 2.17. The SMILES string of the molecule is CNCc1cc(-c2c(-c3ccc(Cl)cc3)ncn2CCN2CCNCC2)ccn1. The molecule has 0 atom stereocenters. The number of imidazole rings is 1. The van der Waals surface area contributed by atoms with Crippen molar-refractivity contribution in [2.75, 3.05) is 39.8 Å². The Labute approximate surface area is 176 Å². The fourth-order valence-corrected chi connectivity index (χ4v) is 3.89. The van der Waals surface area contributed by atoms with Gasteiger partial charge in [0.05, 0.1) is 23.4 Å². The fraction of sp³-hybridized carbons (Fsp3) is 0.364. The van der Waals surface area contributed by atoms with E-state index in [2.05, 4.69) is 37.2 Å². The van der Waals surface area contributed by atoms with Crippen LogP contribution in [0.25, 0.3) is 22.5 Å². The lowest BCUT2D eigenvalue weighted by atomic mass is 10.0. The molecule has 2 aromatic heterocycles. The molecule has 152 valence electrons. The van der Waals surface area contributed by atoms with Gasteiger partial charge in [-0.15, -0.1) is 0 Å². The minimum absolute atomic E-state index is 0.730. The van der Waals surface area contributed by atoms with Gasteiger partial charge < -0.3 is 15.2 Å². The lowest BCUT2D eigenvalue weighted by Crippen LogP contribution is -2.44. The molecular weight excluding hydrogens is 384 g/mol. The molecule has 0 radical (unpaired) electrons. The first-order chi connectivity index (χ1) is 14.2. The summed E-state index contributed by atoms with van der Waals surface area (Å²) in [6.45, 7) is 6.96. The number of halogens is 1. The zero-order valence-electron chi connectivity index (χ0n) is 16.7. The van der Waals surface area contributed by atoms with Crippen LogP contribution in [0.15, 0.2) is 48.9 Å². The van der Waals surface area contributed by atoms with Gasteiger partial charge in [-0.3, -0.25) is 9.88 Å².